The van der Waals surface area contributed by atoms with Crippen LogP contribution in [0.5, 0.6) is 0 Å². The Balaban J connectivity index is 2.48. The Morgan fingerprint density at radius 1 is 1.33 bits per heavy atom. The fourth-order valence-electron chi connectivity index (χ4n) is 2.03. The molecule has 2 aromatic rings. The summed E-state index contributed by atoms with van der Waals surface area (Å²) >= 11 is 6.10. The molecule has 1 amide bonds. The molecule has 24 heavy (non-hydrogen) atoms. The van der Waals surface area contributed by atoms with Crippen molar-refractivity contribution in [2.75, 3.05) is 26.5 Å². The number of hydrogen-bond acceptors (Lipinski definition) is 5. The van der Waals surface area contributed by atoms with Gasteiger partial charge in [0.05, 0.1) is 23.4 Å². The molecule has 0 saturated heterocycles. The number of furan rings is 1. The molecule has 0 unspecified atom stereocenters. The van der Waals surface area contributed by atoms with Crippen molar-refractivity contribution in [3.8, 4) is 0 Å². The van der Waals surface area contributed by atoms with Crippen LogP contribution in [0.25, 0.3) is 0 Å². The van der Waals surface area contributed by atoms with Gasteiger partial charge in [0.2, 0.25) is 10.0 Å². The maximum atomic E-state index is 12.4. The number of hydrogen-bond donors (Lipinski definition) is 2. The molecule has 0 saturated carbocycles. The molecule has 1 heterocycles. The highest BCUT2D eigenvalue weighted by Crippen LogP contribution is 2.30. The molecular formula is C15H18ClN3O4S. The predicted molar refractivity (Wildman–Crippen MR) is 91.7 cm³/mol. The van der Waals surface area contributed by atoms with Gasteiger partial charge in [0.1, 0.15) is 10.7 Å². The SMILES string of the molecule is CNS(=O)(=O)c1cc(C(=O)N(C)C)c(NCc2ccco2)cc1Cl. The third-order valence-corrected chi connectivity index (χ3v) is 5.18. The Hall–Kier alpha value is -2.03. The predicted octanol–water partition coefficient (Wildman–Crippen LogP) is 2.16. The zero-order valence-corrected chi connectivity index (χ0v) is 15.0. The largest absolute Gasteiger partial charge is 0.467 e. The van der Waals surface area contributed by atoms with Gasteiger partial charge >= 0.3 is 0 Å². The number of sulfonamides is 1. The fraction of sp³-hybridized carbons (Fsp3) is 0.267. The van der Waals surface area contributed by atoms with Gasteiger partial charge in [-0.3, -0.25) is 4.79 Å². The summed E-state index contributed by atoms with van der Waals surface area (Å²) < 4.78 is 31.6. The van der Waals surface area contributed by atoms with Crippen molar-refractivity contribution in [3.05, 3.63) is 46.9 Å². The highest BCUT2D eigenvalue weighted by Gasteiger charge is 2.23. The Bertz CT molecular complexity index is 833. The lowest BCUT2D eigenvalue weighted by Gasteiger charge is -2.17. The molecule has 7 nitrogen and oxygen atoms in total. The van der Waals surface area contributed by atoms with E-state index >= 15 is 0 Å². The van der Waals surface area contributed by atoms with Crippen LogP contribution < -0.4 is 10.0 Å². The van der Waals surface area contributed by atoms with Gasteiger partial charge in [0.25, 0.3) is 5.91 Å². The zero-order valence-electron chi connectivity index (χ0n) is 13.5. The second-order valence-electron chi connectivity index (χ2n) is 5.17. The first kappa shape index (κ1) is 18.3. The summed E-state index contributed by atoms with van der Waals surface area (Å²) in [6.45, 7) is 0.329. The van der Waals surface area contributed by atoms with Crippen LogP contribution in [0.2, 0.25) is 5.02 Å². The molecule has 0 aliphatic rings. The summed E-state index contributed by atoms with van der Waals surface area (Å²) in [5.74, 6) is 0.322. The van der Waals surface area contributed by atoms with Gasteiger partial charge in [-0.15, -0.1) is 0 Å². The number of rotatable bonds is 6. The first-order valence-electron chi connectivity index (χ1n) is 7.01. The fourth-order valence-corrected chi connectivity index (χ4v) is 3.31. The van der Waals surface area contributed by atoms with E-state index in [-0.39, 0.29) is 21.4 Å². The number of amides is 1. The summed E-state index contributed by atoms with van der Waals surface area (Å²) in [4.78, 5) is 13.6. The van der Waals surface area contributed by atoms with Gasteiger partial charge in [0.15, 0.2) is 0 Å². The number of nitrogens with one attached hydrogen (secondary N) is 2. The monoisotopic (exact) mass is 371 g/mol. The molecule has 1 aromatic heterocycles. The van der Waals surface area contributed by atoms with Gasteiger partial charge in [-0.1, -0.05) is 11.6 Å². The van der Waals surface area contributed by atoms with Gasteiger partial charge in [0, 0.05) is 19.8 Å². The van der Waals surface area contributed by atoms with E-state index in [4.69, 9.17) is 16.0 Å². The Kier molecular flexibility index (Phi) is 5.53. The summed E-state index contributed by atoms with van der Waals surface area (Å²) in [5.41, 5.74) is 0.620. The van der Waals surface area contributed by atoms with Crippen LogP contribution in [0.1, 0.15) is 16.1 Å². The number of nitrogens with zero attached hydrogens (tertiary/aromatic N) is 1. The Morgan fingerprint density at radius 3 is 2.58 bits per heavy atom. The van der Waals surface area contributed by atoms with Crippen LogP contribution >= 0.6 is 11.6 Å². The zero-order chi connectivity index (χ0) is 17.9. The standard InChI is InChI=1S/C15H18ClN3O4S/c1-17-24(21,22)14-7-11(15(20)19(2)3)13(8-12(14)16)18-9-10-5-4-6-23-10/h4-8,17-18H,9H2,1-3H3. The summed E-state index contributed by atoms with van der Waals surface area (Å²) in [6, 6.07) is 6.22. The second kappa shape index (κ2) is 7.25. The summed E-state index contributed by atoms with van der Waals surface area (Å²) in [5, 5.41) is 3.06. The van der Waals surface area contributed by atoms with Gasteiger partial charge < -0.3 is 14.6 Å². The average Bonchev–Trinajstić information content (AvgIpc) is 3.05. The van der Waals surface area contributed by atoms with E-state index < -0.39 is 10.0 Å². The molecular weight excluding hydrogens is 354 g/mol. The van der Waals surface area contributed by atoms with Gasteiger partial charge in [-0.05, 0) is 31.3 Å². The van der Waals surface area contributed by atoms with Crippen LogP contribution in [0.4, 0.5) is 5.69 Å². The molecule has 0 aliphatic carbocycles. The van der Waals surface area contributed by atoms with E-state index in [0.29, 0.717) is 18.0 Å². The molecule has 0 bridgehead atoms. The van der Waals surface area contributed by atoms with Gasteiger partial charge in [-0.25, -0.2) is 13.1 Å². The highest BCUT2D eigenvalue weighted by molar-refractivity contribution is 7.89. The maximum absolute atomic E-state index is 12.4. The molecule has 0 spiro atoms. The summed E-state index contributed by atoms with van der Waals surface area (Å²) in [7, 11) is 0.661. The number of halogens is 1. The smallest absolute Gasteiger partial charge is 0.255 e. The van der Waals surface area contributed by atoms with Crippen LogP contribution in [0.3, 0.4) is 0 Å². The van der Waals surface area contributed by atoms with E-state index in [1.165, 1.54) is 24.1 Å². The number of carbonyl (C=O) groups is 1. The number of carbonyl (C=O) groups excluding carboxylic acids is 1. The molecule has 1 aromatic carbocycles. The lowest BCUT2D eigenvalue weighted by atomic mass is 10.1. The van der Waals surface area contributed by atoms with Crippen molar-refractivity contribution in [1.29, 1.82) is 0 Å². The molecule has 2 N–H and O–H groups in total. The van der Waals surface area contributed by atoms with Crippen molar-refractivity contribution >= 4 is 33.2 Å². The van der Waals surface area contributed by atoms with E-state index in [1.54, 1.807) is 32.5 Å². The van der Waals surface area contributed by atoms with Crippen LogP contribution in [0.15, 0.2) is 39.8 Å². The molecule has 0 fully saturated rings. The van der Waals surface area contributed by atoms with Crippen molar-refractivity contribution < 1.29 is 17.6 Å². The lowest BCUT2D eigenvalue weighted by Crippen LogP contribution is -2.25. The molecule has 2 rings (SSSR count). The Labute approximate surface area is 145 Å². The number of benzene rings is 1. The van der Waals surface area contributed by atoms with E-state index in [2.05, 4.69) is 10.0 Å². The van der Waals surface area contributed by atoms with Gasteiger partial charge in [-0.2, -0.15) is 0 Å². The van der Waals surface area contributed by atoms with E-state index in [1.807, 2.05) is 0 Å². The minimum atomic E-state index is -3.78. The first-order chi connectivity index (χ1) is 11.3. The normalized spacial score (nSPS) is 11.3. The quantitative estimate of drug-likeness (QED) is 0.811. The first-order valence-corrected chi connectivity index (χ1v) is 8.87. The third-order valence-electron chi connectivity index (χ3n) is 3.30. The topological polar surface area (TPSA) is 91.7 Å². The highest BCUT2D eigenvalue weighted by atomic mass is 35.5. The average molecular weight is 372 g/mol. The van der Waals surface area contributed by atoms with Crippen LogP contribution in [0, 0.1) is 0 Å². The third kappa shape index (κ3) is 3.89. The van der Waals surface area contributed by atoms with E-state index in [0.717, 1.165) is 0 Å². The van der Waals surface area contributed by atoms with Crippen molar-refractivity contribution in [2.24, 2.45) is 0 Å². The van der Waals surface area contributed by atoms with Crippen molar-refractivity contribution in [2.45, 2.75) is 11.4 Å². The minimum Gasteiger partial charge on any atom is -0.467 e. The van der Waals surface area contributed by atoms with E-state index in [9.17, 15) is 13.2 Å². The number of anilines is 1. The molecule has 9 heteroatoms. The van der Waals surface area contributed by atoms with Crippen LogP contribution in [-0.2, 0) is 16.6 Å². The second-order valence-corrected chi connectivity index (χ2v) is 7.43. The summed E-state index contributed by atoms with van der Waals surface area (Å²) in [6.07, 6.45) is 1.54. The maximum Gasteiger partial charge on any atom is 0.255 e. The Morgan fingerprint density at radius 2 is 2.04 bits per heavy atom. The molecule has 0 atom stereocenters. The lowest BCUT2D eigenvalue weighted by molar-refractivity contribution is 0.0828. The molecule has 130 valence electrons. The van der Waals surface area contributed by atoms with Crippen molar-refractivity contribution in [3.63, 3.8) is 0 Å². The minimum absolute atomic E-state index is 0.0154. The molecule has 0 aliphatic heterocycles. The van der Waals surface area contributed by atoms with Crippen molar-refractivity contribution in [1.82, 2.24) is 9.62 Å². The van der Waals surface area contributed by atoms with Crippen LogP contribution in [-0.4, -0.2) is 40.4 Å². The molecule has 0 radical (unpaired) electrons.